The van der Waals surface area contributed by atoms with Crippen molar-refractivity contribution in [1.29, 1.82) is 0 Å². The van der Waals surface area contributed by atoms with E-state index in [-0.39, 0.29) is 21.7 Å². The van der Waals surface area contributed by atoms with Crippen molar-refractivity contribution in [3.63, 3.8) is 0 Å². The molecule has 2 fully saturated rings. The summed E-state index contributed by atoms with van der Waals surface area (Å²) in [5, 5.41) is 4.68. The first-order valence-corrected chi connectivity index (χ1v) is 15.5. The van der Waals surface area contributed by atoms with Gasteiger partial charge in [0.2, 0.25) is 0 Å². The SMILES string of the molecule is CC#CCNc1cc(-c2cc3c(cn2)cc(-c2c(Cl)c(OC)cc(OC)c2Cl)c(=O)n3CC)c(OC)cc1N1C[C@H]2C[C@@H]1CO2. The average molecular weight is 650 g/mol. The van der Waals surface area contributed by atoms with Gasteiger partial charge in [0.05, 0.1) is 84.8 Å². The molecule has 2 saturated heterocycles. The van der Waals surface area contributed by atoms with Gasteiger partial charge in [-0.2, -0.15) is 0 Å². The number of aromatic nitrogens is 2. The average Bonchev–Trinajstić information content (AvgIpc) is 3.69. The van der Waals surface area contributed by atoms with Crippen LogP contribution in [0, 0.1) is 11.8 Å². The van der Waals surface area contributed by atoms with Crippen molar-refractivity contribution in [1.82, 2.24) is 9.55 Å². The van der Waals surface area contributed by atoms with Crippen LogP contribution in [0.15, 0.2) is 41.3 Å². The quantitative estimate of drug-likeness (QED) is 0.206. The van der Waals surface area contributed by atoms with E-state index in [0.29, 0.717) is 65.3 Å². The second kappa shape index (κ2) is 12.7. The Hall–Kier alpha value is -4.10. The Balaban J connectivity index is 1.50. The van der Waals surface area contributed by atoms with Crippen LogP contribution in [0.25, 0.3) is 33.3 Å². The molecule has 0 spiro atoms. The fraction of sp³-hybridized carbons (Fsp3) is 0.353. The Labute approximate surface area is 272 Å². The van der Waals surface area contributed by atoms with Crippen molar-refractivity contribution in [3.05, 3.63) is 56.9 Å². The van der Waals surface area contributed by atoms with Crippen molar-refractivity contribution in [2.75, 3.05) is 51.2 Å². The molecule has 0 unspecified atom stereocenters. The van der Waals surface area contributed by atoms with Crippen LogP contribution in [0.4, 0.5) is 11.4 Å². The first-order chi connectivity index (χ1) is 21.8. The van der Waals surface area contributed by atoms with E-state index in [1.54, 1.807) is 30.0 Å². The molecule has 45 heavy (non-hydrogen) atoms. The fourth-order valence-corrected chi connectivity index (χ4v) is 6.98. The third kappa shape index (κ3) is 5.41. The van der Waals surface area contributed by atoms with Crippen molar-refractivity contribution in [2.24, 2.45) is 0 Å². The standard InChI is InChI=1S/C34H34Cl2N4O5/c1-6-8-9-37-25-12-22(28(42-3)14-27(25)40-17-21-11-20(40)18-45-21)24-13-26-19(16-38-24)10-23(34(41)39(26)7-2)31-32(35)29(43-4)15-30(44-5)33(31)36/h10,12-16,20-21,37H,7,9,11,17-18H2,1-5H3/t20-,21-/m1/s1. The second-order valence-electron chi connectivity index (χ2n) is 10.9. The zero-order valence-corrected chi connectivity index (χ0v) is 27.3. The maximum Gasteiger partial charge on any atom is 0.259 e. The van der Waals surface area contributed by atoms with Gasteiger partial charge in [0, 0.05) is 47.9 Å². The van der Waals surface area contributed by atoms with Gasteiger partial charge in [0.25, 0.3) is 5.56 Å². The van der Waals surface area contributed by atoms with Crippen LogP contribution < -0.4 is 30.0 Å². The molecule has 0 amide bonds. The number of methoxy groups -OCH3 is 3. The molecule has 2 aromatic heterocycles. The number of morpholine rings is 1. The number of fused-ring (bicyclic) bond motifs is 3. The van der Waals surface area contributed by atoms with Crippen molar-refractivity contribution in [3.8, 4) is 51.5 Å². The Morgan fingerprint density at radius 3 is 2.36 bits per heavy atom. The third-order valence-corrected chi connectivity index (χ3v) is 9.24. The molecular formula is C34H34Cl2N4O5. The molecule has 4 aromatic rings. The second-order valence-corrected chi connectivity index (χ2v) is 11.6. The number of aryl methyl sites for hydroxylation is 1. The van der Waals surface area contributed by atoms with Crippen molar-refractivity contribution >= 4 is 45.5 Å². The van der Waals surface area contributed by atoms with Crippen LogP contribution in [0.5, 0.6) is 17.2 Å². The number of benzene rings is 2. The summed E-state index contributed by atoms with van der Waals surface area (Å²) in [7, 11) is 4.65. The molecule has 1 N–H and O–H groups in total. The molecule has 2 aromatic carbocycles. The smallest absolute Gasteiger partial charge is 0.259 e. The number of hydrogen-bond donors (Lipinski definition) is 1. The van der Waals surface area contributed by atoms with Gasteiger partial charge in [-0.1, -0.05) is 29.1 Å². The number of ether oxygens (including phenoxy) is 4. The first-order valence-electron chi connectivity index (χ1n) is 14.7. The molecule has 2 bridgehead atoms. The lowest BCUT2D eigenvalue weighted by molar-refractivity contribution is 0.0991. The highest BCUT2D eigenvalue weighted by molar-refractivity contribution is 6.41. The fourth-order valence-electron chi connectivity index (χ4n) is 6.27. The molecule has 4 heterocycles. The third-order valence-electron chi connectivity index (χ3n) is 8.48. The van der Waals surface area contributed by atoms with Gasteiger partial charge in [0.15, 0.2) is 0 Å². The van der Waals surface area contributed by atoms with E-state index >= 15 is 0 Å². The molecule has 11 heteroatoms. The summed E-state index contributed by atoms with van der Waals surface area (Å²) in [6, 6.07) is 9.70. The van der Waals surface area contributed by atoms with Crippen molar-refractivity contribution < 1.29 is 18.9 Å². The molecule has 234 valence electrons. The molecule has 0 aliphatic carbocycles. The van der Waals surface area contributed by atoms with Gasteiger partial charge >= 0.3 is 0 Å². The minimum Gasteiger partial charge on any atom is -0.496 e. The molecule has 9 nitrogen and oxygen atoms in total. The topological polar surface area (TPSA) is 87.1 Å². The summed E-state index contributed by atoms with van der Waals surface area (Å²) in [6.45, 7) is 6.18. The van der Waals surface area contributed by atoms with E-state index in [4.69, 9.17) is 47.1 Å². The van der Waals surface area contributed by atoms with E-state index in [1.165, 1.54) is 14.2 Å². The number of nitrogens with one attached hydrogen (secondary N) is 1. The number of anilines is 2. The number of rotatable bonds is 9. The summed E-state index contributed by atoms with van der Waals surface area (Å²) >= 11 is 13.4. The zero-order chi connectivity index (χ0) is 31.8. The Morgan fingerprint density at radius 1 is 1.02 bits per heavy atom. The van der Waals surface area contributed by atoms with Crippen LogP contribution >= 0.6 is 23.2 Å². The van der Waals surface area contributed by atoms with Gasteiger partial charge in [0.1, 0.15) is 17.2 Å². The summed E-state index contributed by atoms with van der Waals surface area (Å²) in [5.41, 5.74) is 4.55. The molecular weight excluding hydrogens is 615 g/mol. The van der Waals surface area contributed by atoms with Gasteiger partial charge < -0.3 is 33.7 Å². The largest absolute Gasteiger partial charge is 0.496 e. The summed E-state index contributed by atoms with van der Waals surface area (Å²) in [6.07, 6.45) is 3.00. The maximum atomic E-state index is 14.0. The predicted molar refractivity (Wildman–Crippen MR) is 180 cm³/mol. The zero-order valence-electron chi connectivity index (χ0n) is 25.8. The number of nitrogens with zero attached hydrogens (tertiary/aromatic N) is 3. The van der Waals surface area contributed by atoms with E-state index in [2.05, 4.69) is 34.2 Å². The lowest BCUT2D eigenvalue weighted by atomic mass is 10.0. The van der Waals surface area contributed by atoms with Crippen LogP contribution in [0.2, 0.25) is 10.0 Å². The minimum atomic E-state index is -0.254. The Morgan fingerprint density at radius 2 is 1.76 bits per heavy atom. The van der Waals surface area contributed by atoms with Crippen LogP contribution in [-0.4, -0.2) is 62.7 Å². The summed E-state index contributed by atoms with van der Waals surface area (Å²) in [4.78, 5) is 21.3. The maximum absolute atomic E-state index is 14.0. The minimum absolute atomic E-state index is 0.224. The van der Waals surface area contributed by atoms with Gasteiger partial charge in [-0.15, -0.1) is 5.92 Å². The van der Waals surface area contributed by atoms with E-state index in [1.807, 2.05) is 19.9 Å². The van der Waals surface area contributed by atoms with E-state index in [9.17, 15) is 4.79 Å². The number of hydrogen-bond acceptors (Lipinski definition) is 8. The number of pyridine rings is 2. The van der Waals surface area contributed by atoms with E-state index in [0.717, 1.165) is 35.3 Å². The summed E-state index contributed by atoms with van der Waals surface area (Å²) < 4.78 is 24.4. The number of halogens is 2. The molecule has 0 radical (unpaired) electrons. The van der Waals surface area contributed by atoms with Gasteiger partial charge in [-0.3, -0.25) is 9.78 Å². The van der Waals surface area contributed by atoms with Crippen LogP contribution in [-0.2, 0) is 11.3 Å². The first kappa shape index (κ1) is 30.9. The predicted octanol–water partition coefficient (Wildman–Crippen LogP) is 6.50. The van der Waals surface area contributed by atoms with Crippen LogP contribution in [0.3, 0.4) is 0 Å². The highest BCUT2D eigenvalue weighted by atomic mass is 35.5. The molecule has 6 rings (SSSR count). The lowest BCUT2D eigenvalue weighted by Crippen LogP contribution is -2.37. The summed E-state index contributed by atoms with van der Waals surface area (Å²) in [5.74, 6) is 7.43. The normalized spacial score (nSPS) is 16.9. The molecule has 2 aliphatic heterocycles. The lowest BCUT2D eigenvalue weighted by Gasteiger charge is -2.31. The molecule has 2 atom stereocenters. The molecule has 0 saturated carbocycles. The Kier molecular flexibility index (Phi) is 8.74. The highest BCUT2D eigenvalue weighted by Crippen LogP contribution is 2.46. The van der Waals surface area contributed by atoms with Gasteiger partial charge in [-0.05, 0) is 38.5 Å². The Bertz CT molecular complexity index is 1890. The van der Waals surface area contributed by atoms with Gasteiger partial charge in [-0.25, -0.2) is 0 Å². The van der Waals surface area contributed by atoms with Crippen LogP contribution in [0.1, 0.15) is 20.3 Å². The van der Waals surface area contributed by atoms with Crippen molar-refractivity contribution in [2.45, 2.75) is 39.0 Å². The monoisotopic (exact) mass is 648 g/mol. The highest BCUT2D eigenvalue weighted by Gasteiger charge is 2.40. The molecule has 2 aliphatic rings. The van der Waals surface area contributed by atoms with E-state index < -0.39 is 0 Å².